The first kappa shape index (κ1) is 20.9. The molecule has 0 saturated carbocycles. The van der Waals surface area contributed by atoms with Crippen LogP contribution in [0.15, 0.2) is 24.3 Å². The molecule has 0 aliphatic heterocycles. The van der Waals surface area contributed by atoms with Crippen LogP contribution in [0.4, 0.5) is 0 Å². The lowest BCUT2D eigenvalue weighted by atomic mass is 9.85. The van der Waals surface area contributed by atoms with Gasteiger partial charge in [-0.2, -0.15) is 0 Å². The minimum absolute atomic E-state index is 0. The van der Waals surface area contributed by atoms with Gasteiger partial charge in [0.25, 0.3) is 0 Å². The molecule has 0 amide bonds. The van der Waals surface area contributed by atoms with Gasteiger partial charge in [-0.05, 0) is 68.0 Å². The first-order valence-electron chi connectivity index (χ1n) is 8.74. The molecular weight excluding hydrogens is 369 g/mol. The van der Waals surface area contributed by atoms with Crippen LogP contribution in [0.5, 0.6) is 11.5 Å². The van der Waals surface area contributed by atoms with Gasteiger partial charge in [-0.25, -0.2) is 0 Å². The molecule has 5 heteroatoms. The van der Waals surface area contributed by atoms with Gasteiger partial charge < -0.3 is 14.8 Å². The van der Waals surface area contributed by atoms with Crippen LogP contribution in [0, 0.1) is 13.8 Å². The van der Waals surface area contributed by atoms with E-state index < -0.39 is 0 Å². The van der Waals surface area contributed by atoms with Gasteiger partial charge >= 0.3 is 0 Å². The Balaban J connectivity index is 0.00000243. The van der Waals surface area contributed by atoms with Gasteiger partial charge in [0.1, 0.15) is 11.5 Å². The zero-order valence-corrected chi connectivity index (χ0v) is 17.4. The molecule has 0 heterocycles. The topological polar surface area (TPSA) is 30.5 Å². The molecule has 0 fully saturated rings. The number of hydrogen-bond donors (Lipinski definition) is 1. The van der Waals surface area contributed by atoms with Crippen LogP contribution in [0.25, 0.3) is 0 Å². The fraction of sp³-hybridized carbons (Fsp3) is 0.429. The highest BCUT2D eigenvalue weighted by atomic mass is 35.5. The maximum absolute atomic E-state index is 6.17. The van der Waals surface area contributed by atoms with Crippen LogP contribution in [0.1, 0.15) is 34.2 Å². The third-order valence-electron chi connectivity index (χ3n) is 4.96. The smallest absolute Gasteiger partial charge is 0.125 e. The van der Waals surface area contributed by atoms with E-state index in [4.69, 9.17) is 21.1 Å². The van der Waals surface area contributed by atoms with E-state index in [2.05, 4.69) is 31.3 Å². The summed E-state index contributed by atoms with van der Waals surface area (Å²) in [6, 6.07) is 8.71. The van der Waals surface area contributed by atoms with E-state index in [1.54, 1.807) is 14.2 Å². The van der Waals surface area contributed by atoms with Crippen molar-refractivity contribution in [2.75, 3.05) is 14.2 Å². The molecule has 0 bridgehead atoms. The summed E-state index contributed by atoms with van der Waals surface area (Å²) in [6.45, 7) is 4.98. The summed E-state index contributed by atoms with van der Waals surface area (Å²) in [7, 11) is 3.49. The molecule has 1 atom stereocenters. The summed E-state index contributed by atoms with van der Waals surface area (Å²) in [5, 5.41) is 4.48. The normalized spacial score (nSPS) is 15.8. The molecule has 2 aromatic carbocycles. The highest BCUT2D eigenvalue weighted by molar-refractivity contribution is 6.30. The molecule has 0 spiro atoms. The molecule has 26 heavy (non-hydrogen) atoms. The van der Waals surface area contributed by atoms with Crippen LogP contribution < -0.4 is 14.8 Å². The van der Waals surface area contributed by atoms with Crippen molar-refractivity contribution >= 4 is 24.0 Å². The second-order valence-corrected chi connectivity index (χ2v) is 7.28. The standard InChI is InChI=1S/C21H26ClNO2.ClH/c1-13-7-15(10-16(22)8-13)12-23-17-5-6-18-19(11-17)20(24-3)9-14(2)21(18)25-4;/h7-10,17,23H,5-6,11-12H2,1-4H3;1H. The minimum Gasteiger partial charge on any atom is -0.496 e. The third-order valence-corrected chi connectivity index (χ3v) is 5.17. The van der Waals surface area contributed by atoms with E-state index in [0.29, 0.717) is 6.04 Å². The summed E-state index contributed by atoms with van der Waals surface area (Å²) in [5.74, 6) is 1.98. The predicted molar refractivity (Wildman–Crippen MR) is 110 cm³/mol. The summed E-state index contributed by atoms with van der Waals surface area (Å²) in [6.07, 6.45) is 3.05. The Morgan fingerprint density at radius 2 is 1.85 bits per heavy atom. The largest absolute Gasteiger partial charge is 0.496 e. The molecular formula is C21H27Cl2NO2. The van der Waals surface area contributed by atoms with E-state index in [1.807, 2.05) is 12.1 Å². The number of methoxy groups -OCH3 is 2. The number of rotatable bonds is 5. The Morgan fingerprint density at radius 1 is 1.08 bits per heavy atom. The number of halogens is 2. The lowest BCUT2D eigenvalue weighted by Crippen LogP contribution is -2.34. The Kier molecular flexibility index (Phi) is 7.22. The zero-order valence-electron chi connectivity index (χ0n) is 15.8. The quantitative estimate of drug-likeness (QED) is 0.768. The first-order valence-corrected chi connectivity index (χ1v) is 9.12. The van der Waals surface area contributed by atoms with Crippen LogP contribution >= 0.6 is 24.0 Å². The van der Waals surface area contributed by atoms with Gasteiger partial charge in [0.2, 0.25) is 0 Å². The molecule has 1 unspecified atom stereocenters. The highest BCUT2D eigenvalue weighted by Crippen LogP contribution is 2.38. The maximum Gasteiger partial charge on any atom is 0.125 e. The van der Waals surface area contributed by atoms with Gasteiger partial charge in [0.05, 0.1) is 14.2 Å². The molecule has 2 aromatic rings. The second-order valence-electron chi connectivity index (χ2n) is 6.84. The molecule has 1 aliphatic carbocycles. The van der Waals surface area contributed by atoms with E-state index in [0.717, 1.165) is 47.9 Å². The van der Waals surface area contributed by atoms with E-state index in [9.17, 15) is 0 Å². The molecule has 142 valence electrons. The van der Waals surface area contributed by atoms with Crippen LogP contribution in [0.3, 0.4) is 0 Å². The van der Waals surface area contributed by atoms with Gasteiger partial charge in [-0.15, -0.1) is 12.4 Å². The lowest BCUT2D eigenvalue weighted by Gasteiger charge is -2.29. The summed E-state index contributed by atoms with van der Waals surface area (Å²) in [4.78, 5) is 0. The van der Waals surface area contributed by atoms with Crippen molar-refractivity contribution in [1.29, 1.82) is 0 Å². The van der Waals surface area contributed by atoms with Crippen molar-refractivity contribution in [3.05, 3.63) is 57.1 Å². The second kappa shape index (κ2) is 8.98. The number of hydrogen-bond acceptors (Lipinski definition) is 3. The van der Waals surface area contributed by atoms with E-state index >= 15 is 0 Å². The molecule has 0 aromatic heterocycles. The predicted octanol–water partition coefficient (Wildman–Crippen LogP) is 5.04. The number of fused-ring (bicyclic) bond motifs is 1. The monoisotopic (exact) mass is 395 g/mol. The summed E-state index contributed by atoms with van der Waals surface area (Å²) < 4.78 is 11.3. The Hall–Kier alpha value is -1.42. The van der Waals surface area contributed by atoms with Crippen LogP contribution in [0.2, 0.25) is 5.02 Å². The van der Waals surface area contributed by atoms with Crippen molar-refractivity contribution in [2.24, 2.45) is 0 Å². The Labute approximate surface area is 167 Å². The van der Waals surface area contributed by atoms with Gasteiger partial charge in [0, 0.05) is 28.7 Å². The highest BCUT2D eigenvalue weighted by Gasteiger charge is 2.25. The fourth-order valence-corrected chi connectivity index (χ4v) is 4.16. The number of nitrogens with one attached hydrogen (secondary N) is 1. The van der Waals surface area contributed by atoms with Crippen molar-refractivity contribution in [2.45, 2.75) is 45.7 Å². The summed E-state index contributed by atoms with van der Waals surface area (Å²) >= 11 is 6.17. The Bertz CT molecular complexity index is 757. The van der Waals surface area contributed by atoms with E-state index in [1.165, 1.54) is 22.3 Å². The van der Waals surface area contributed by atoms with Crippen molar-refractivity contribution < 1.29 is 9.47 Å². The molecule has 1 N–H and O–H groups in total. The first-order chi connectivity index (χ1) is 12.0. The third kappa shape index (κ3) is 4.46. The molecule has 0 radical (unpaired) electrons. The summed E-state index contributed by atoms with van der Waals surface area (Å²) in [5.41, 5.74) is 6.13. The van der Waals surface area contributed by atoms with Crippen molar-refractivity contribution in [1.82, 2.24) is 5.32 Å². The van der Waals surface area contributed by atoms with Crippen molar-refractivity contribution in [3.8, 4) is 11.5 Å². The molecule has 3 rings (SSSR count). The molecule has 3 nitrogen and oxygen atoms in total. The van der Waals surface area contributed by atoms with Crippen LogP contribution in [-0.2, 0) is 19.4 Å². The lowest BCUT2D eigenvalue weighted by molar-refractivity contribution is 0.374. The Morgan fingerprint density at radius 3 is 2.50 bits per heavy atom. The number of aryl methyl sites for hydroxylation is 2. The molecule has 0 saturated heterocycles. The molecule has 1 aliphatic rings. The average molecular weight is 396 g/mol. The average Bonchev–Trinajstić information content (AvgIpc) is 2.58. The van der Waals surface area contributed by atoms with Crippen LogP contribution in [-0.4, -0.2) is 20.3 Å². The zero-order chi connectivity index (χ0) is 18.0. The van der Waals surface area contributed by atoms with Crippen molar-refractivity contribution in [3.63, 3.8) is 0 Å². The van der Waals surface area contributed by atoms with Gasteiger partial charge in [-0.1, -0.05) is 17.7 Å². The maximum atomic E-state index is 6.17. The minimum atomic E-state index is 0. The fourth-order valence-electron chi connectivity index (χ4n) is 3.85. The van der Waals surface area contributed by atoms with E-state index in [-0.39, 0.29) is 12.4 Å². The SMILES string of the molecule is COc1cc(C)c(OC)c2c1CC(NCc1cc(C)cc(Cl)c1)CC2.Cl. The number of benzene rings is 2. The van der Waals surface area contributed by atoms with Gasteiger partial charge in [-0.3, -0.25) is 0 Å². The van der Waals surface area contributed by atoms with Gasteiger partial charge in [0.15, 0.2) is 0 Å². The number of ether oxygens (including phenoxy) is 2.